The maximum Gasteiger partial charge on any atom is 0.319 e. The third-order valence-electron chi connectivity index (χ3n) is 3.47. The zero-order chi connectivity index (χ0) is 17.2. The fraction of sp³-hybridized carbons (Fsp3) is 0.333. The predicted molar refractivity (Wildman–Crippen MR) is 94.8 cm³/mol. The summed E-state index contributed by atoms with van der Waals surface area (Å²) in [5.74, 6) is -0.441. The minimum absolute atomic E-state index is 0.0870. The van der Waals surface area contributed by atoms with Crippen molar-refractivity contribution in [3.05, 3.63) is 58.3 Å². The summed E-state index contributed by atoms with van der Waals surface area (Å²) >= 11 is 1.68. The first-order chi connectivity index (χ1) is 11.7. The molecule has 2 aromatic rings. The van der Waals surface area contributed by atoms with E-state index in [4.69, 9.17) is 4.74 Å². The van der Waals surface area contributed by atoms with E-state index in [0.717, 1.165) is 12.0 Å². The number of methoxy groups -OCH3 is 1. The lowest BCUT2D eigenvalue weighted by Crippen LogP contribution is -2.40. The van der Waals surface area contributed by atoms with Crippen LogP contribution in [0.15, 0.2) is 47.8 Å². The number of nitrogens with zero attached hydrogens (tertiary/aromatic N) is 1. The van der Waals surface area contributed by atoms with Gasteiger partial charge in [-0.25, -0.2) is 0 Å². The van der Waals surface area contributed by atoms with Crippen molar-refractivity contribution in [2.24, 2.45) is 0 Å². The van der Waals surface area contributed by atoms with E-state index in [1.807, 2.05) is 41.8 Å². The van der Waals surface area contributed by atoms with Crippen molar-refractivity contribution >= 4 is 23.2 Å². The summed E-state index contributed by atoms with van der Waals surface area (Å²) in [5, 5.41) is 4.93. The normalized spacial score (nSPS) is 10.6. The van der Waals surface area contributed by atoms with E-state index in [2.05, 4.69) is 11.4 Å². The molecule has 24 heavy (non-hydrogen) atoms. The molecule has 6 heteroatoms. The number of hydrogen-bond acceptors (Lipinski definition) is 5. The summed E-state index contributed by atoms with van der Waals surface area (Å²) in [6.07, 6.45) is 0.819. The number of rotatable bonds is 9. The highest BCUT2D eigenvalue weighted by molar-refractivity contribution is 7.09. The van der Waals surface area contributed by atoms with Crippen molar-refractivity contribution < 1.29 is 14.3 Å². The van der Waals surface area contributed by atoms with Gasteiger partial charge in [-0.05, 0) is 23.4 Å². The zero-order valence-corrected chi connectivity index (χ0v) is 14.6. The van der Waals surface area contributed by atoms with Crippen LogP contribution >= 0.6 is 11.3 Å². The molecule has 0 radical (unpaired) electrons. The minimum Gasteiger partial charge on any atom is -0.468 e. The fourth-order valence-electron chi connectivity index (χ4n) is 2.30. The summed E-state index contributed by atoms with van der Waals surface area (Å²) in [6, 6.07) is 13.8. The van der Waals surface area contributed by atoms with Gasteiger partial charge in [-0.2, -0.15) is 0 Å². The number of esters is 1. The molecule has 0 aliphatic carbocycles. The molecule has 0 aliphatic heterocycles. The molecule has 0 fully saturated rings. The van der Waals surface area contributed by atoms with Crippen LogP contribution in [0.5, 0.6) is 0 Å². The Morgan fingerprint density at radius 2 is 1.92 bits per heavy atom. The first-order valence-electron chi connectivity index (χ1n) is 7.79. The van der Waals surface area contributed by atoms with E-state index in [1.54, 1.807) is 16.2 Å². The third kappa shape index (κ3) is 6.52. The molecule has 0 saturated carbocycles. The Labute approximate surface area is 146 Å². The standard InChI is InChI=1S/C18H22N2O3S/c1-23-18(22)14-20(12-15-6-3-2-4-7-15)13-17(21)19-10-9-16-8-5-11-24-16/h2-8,11H,9-10,12-14H2,1H3,(H,19,21). The van der Waals surface area contributed by atoms with Crippen LogP contribution < -0.4 is 5.32 Å². The smallest absolute Gasteiger partial charge is 0.319 e. The van der Waals surface area contributed by atoms with Crippen LogP contribution in [0, 0.1) is 0 Å². The Hall–Kier alpha value is -2.18. The van der Waals surface area contributed by atoms with Crippen LogP contribution in [-0.4, -0.2) is 43.5 Å². The number of carbonyl (C=O) groups excluding carboxylic acids is 2. The number of ether oxygens (including phenoxy) is 1. The van der Waals surface area contributed by atoms with Crippen molar-refractivity contribution in [2.45, 2.75) is 13.0 Å². The van der Waals surface area contributed by atoms with Gasteiger partial charge in [0.15, 0.2) is 0 Å². The quantitative estimate of drug-likeness (QED) is 0.706. The van der Waals surface area contributed by atoms with E-state index >= 15 is 0 Å². The topological polar surface area (TPSA) is 58.6 Å². The Morgan fingerprint density at radius 3 is 2.58 bits per heavy atom. The van der Waals surface area contributed by atoms with E-state index in [0.29, 0.717) is 13.1 Å². The van der Waals surface area contributed by atoms with E-state index < -0.39 is 0 Å². The number of benzene rings is 1. The van der Waals surface area contributed by atoms with Crippen molar-refractivity contribution in [1.82, 2.24) is 10.2 Å². The Kier molecular flexibility index (Phi) is 7.45. The molecule has 1 heterocycles. The van der Waals surface area contributed by atoms with Crippen LogP contribution in [0.4, 0.5) is 0 Å². The maximum atomic E-state index is 12.1. The second-order valence-corrected chi connectivity index (χ2v) is 6.42. The molecule has 0 saturated heterocycles. The largest absolute Gasteiger partial charge is 0.468 e. The lowest BCUT2D eigenvalue weighted by atomic mass is 10.2. The Balaban J connectivity index is 1.83. The molecule has 0 spiro atoms. The van der Waals surface area contributed by atoms with Gasteiger partial charge in [0.1, 0.15) is 0 Å². The summed E-state index contributed by atoms with van der Waals surface area (Å²) in [6.45, 7) is 1.36. The van der Waals surface area contributed by atoms with Crippen molar-refractivity contribution in [2.75, 3.05) is 26.7 Å². The molecule has 5 nitrogen and oxygen atoms in total. The number of amides is 1. The van der Waals surface area contributed by atoms with Gasteiger partial charge in [0, 0.05) is 18.0 Å². The minimum atomic E-state index is -0.350. The van der Waals surface area contributed by atoms with Crippen LogP contribution in [0.1, 0.15) is 10.4 Å². The first kappa shape index (κ1) is 18.2. The summed E-state index contributed by atoms with van der Waals surface area (Å²) in [7, 11) is 1.35. The summed E-state index contributed by atoms with van der Waals surface area (Å²) in [4.78, 5) is 26.7. The molecule has 2 rings (SSSR count). The van der Waals surface area contributed by atoms with Gasteiger partial charge < -0.3 is 10.1 Å². The third-order valence-corrected chi connectivity index (χ3v) is 4.41. The zero-order valence-electron chi connectivity index (χ0n) is 13.7. The molecule has 0 unspecified atom stereocenters. The Bertz CT molecular complexity index is 629. The fourth-order valence-corrected chi connectivity index (χ4v) is 3.00. The average Bonchev–Trinajstić information content (AvgIpc) is 3.09. The number of carbonyl (C=O) groups is 2. The summed E-state index contributed by atoms with van der Waals surface area (Å²) < 4.78 is 4.72. The van der Waals surface area contributed by atoms with E-state index in [1.165, 1.54) is 12.0 Å². The van der Waals surface area contributed by atoms with E-state index in [-0.39, 0.29) is 25.0 Å². The maximum absolute atomic E-state index is 12.1. The first-order valence-corrected chi connectivity index (χ1v) is 8.67. The van der Waals surface area contributed by atoms with E-state index in [9.17, 15) is 9.59 Å². The number of hydrogen-bond donors (Lipinski definition) is 1. The predicted octanol–water partition coefficient (Wildman–Crippen LogP) is 2.08. The molecule has 1 aromatic heterocycles. The molecular formula is C18H22N2O3S. The molecule has 0 aliphatic rings. The van der Waals surface area contributed by atoms with Crippen LogP contribution in [0.3, 0.4) is 0 Å². The molecule has 0 atom stereocenters. The van der Waals surface area contributed by atoms with Crippen molar-refractivity contribution in [3.63, 3.8) is 0 Å². The molecular weight excluding hydrogens is 324 g/mol. The van der Waals surface area contributed by atoms with Crippen LogP contribution in [0.2, 0.25) is 0 Å². The van der Waals surface area contributed by atoms with Crippen molar-refractivity contribution in [3.8, 4) is 0 Å². The van der Waals surface area contributed by atoms with Crippen molar-refractivity contribution in [1.29, 1.82) is 0 Å². The average molecular weight is 346 g/mol. The van der Waals surface area contributed by atoms with Gasteiger partial charge in [0.2, 0.25) is 5.91 Å². The molecule has 1 N–H and O–H groups in total. The highest BCUT2D eigenvalue weighted by atomic mass is 32.1. The van der Waals surface area contributed by atoms with Gasteiger partial charge in [-0.15, -0.1) is 11.3 Å². The number of thiophene rings is 1. The lowest BCUT2D eigenvalue weighted by molar-refractivity contribution is -0.142. The summed E-state index contributed by atoms with van der Waals surface area (Å²) in [5.41, 5.74) is 1.05. The molecule has 128 valence electrons. The monoisotopic (exact) mass is 346 g/mol. The van der Waals surface area contributed by atoms with Gasteiger partial charge in [-0.3, -0.25) is 14.5 Å². The highest BCUT2D eigenvalue weighted by Crippen LogP contribution is 2.08. The van der Waals surface area contributed by atoms with Gasteiger partial charge >= 0.3 is 5.97 Å². The van der Waals surface area contributed by atoms with Gasteiger partial charge in [0.25, 0.3) is 0 Å². The molecule has 1 amide bonds. The Morgan fingerprint density at radius 1 is 1.12 bits per heavy atom. The van der Waals surface area contributed by atoms with Gasteiger partial charge in [-0.1, -0.05) is 36.4 Å². The molecule has 1 aromatic carbocycles. The van der Waals surface area contributed by atoms with Crippen LogP contribution in [-0.2, 0) is 27.3 Å². The lowest BCUT2D eigenvalue weighted by Gasteiger charge is -2.20. The molecule has 0 bridgehead atoms. The SMILES string of the molecule is COC(=O)CN(CC(=O)NCCc1cccs1)Cc1ccccc1. The highest BCUT2D eigenvalue weighted by Gasteiger charge is 2.15. The second-order valence-electron chi connectivity index (χ2n) is 5.39. The second kappa shape index (κ2) is 9.85. The van der Waals surface area contributed by atoms with Gasteiger partial charge in [0.05, 0.1) is 20.2 Å². The van der Waals surface area contributed by atoms with Crippen LogP contribution in [0.25, 0.3) is 0 Å². The number of nitrogens with one attached hydrogen (secondary N) is 1.